The van der Waals surface area contributed by atoms with Gasteiger partial charge in [0.05, 0.1) is 6.10 Å². The van der Waals surface area contributed by atoms with Crippen LogP contribution in [0.3, 0.4) is 0 Å². The molecule has 1 rings (SSSR count). The summed E-state index contributed by atoms with van der Waals surface area (Å²) in [6.45, 7) is 9.96. The van der Waals surface area contributed by atoms with E-state index in [2.05, 4.69) is 32.0 Å². The average Bonchev–Trinajstić information content (AvgIpc) is 2.20. The van der Waals surface area contributed by atoms with Crippen LogP contribution in [0.1, 0.15) is 44.7 Å². The first-order valence-electron chi connectivity index (χ1n) is 5.87. The topological polar surface area (TPSA) is 29.5 Å². The van der Waals surface area contributed by atoms with Gasteiger partial charge in [0, 0.05) is 0 Å². The summed E-state index contributed by atoms with van der Waals surface area (Å²) in [6.07, 6.45) is -0.636. The molecule has 2 heteroatoms. The van der Waals surface area contributed by atoms with Crippen LogP contribution in [0.2, 0.25) is 0 Å². The van der Waals surface area contributed by atoms with Crippen LogP contribution in [0.5, 0.6) is 5.75 Å². The van der Waals surface area contributed by atoms with Crippen molar-refractivity contribution in [2.75, 3.05) is 0 Å². The smallest absolute Gasteiger partial charge is 0.123 e. The van der Waals surface area contributed by atoms with Crippen molar-refractivity contribution in [3.05, 3.63) is 29.3 Å². The molecule has 0 fully saturated rings. The van der Waals surface area contributed by atoms with E-state index in [1.807, 2.05) is 13.8 Å². The van der Waals surface area contributed by atoms with Crippen LogP contribution < -0.4 is 4.74 Å². The Labute approximate surface area is 98.3 Å². The second-order valence-electron chi connectivity index (χ2n) is 4.74. The van der Waals surface area contributed by atoms with Gasteiger partial charge in [-0.3, -0.25) is 0 Å². The van der Waals surface area contributed by atoms with Gasteiger partial charge in [-0.05, 0) is 43.9 Å². The van der Waals surface area contributed by atoms with Gasteiger partial charge in [-0.2, -0.15) is 0 Å². The lowest BCUT2D eigenvalue weighted by molar-refractivity contribution is 0.0599. The van der Waals surface area contributed by atoms with Gasteiger partial charge < -0.3 is 9.84 Å². The van der Waals surface area contributed by atoms with Gasteiger partial charge in [0.1, 0.15) is 11.9 Å². The molecule has 1 unspecified atom stereocenters. The Morgan fingerprint density at radius 3 is 2.25 bits per heavy atom. The van der Waals surface area contributed by atoms with Crippen molar-refractivity contribution < 1.29 is 9.84 Å². The van der Waals surface area contributed by atoms with E-state index in [-0.39, 0.29) is 6.10 Å². The highest BCUT2D eigenvalue weighted by molar-refractivity contribution is 5.37. The summed E-state index contributed by atoms with van der Waals surface area (Å²) in [6, 6.07) is 6.26. The molecule has 0 saturated heterocycles. The fourth-order valence-electron chi connectivity index (χ4n) is 1.40. The van der Waals surface area contributed by atoms with Crippen molar-refractivity contribution in [3.8, 4) is 5.75 Å². The van der Waals surface area contributed by atoms with Gasteiger partial charge >= 0.3 is 0 Å². The number of ether oxygens (including phenoxy) is 1. The van der Waals surface area contributed by atoms with Gasteiger partial charge in [0.25, 0.3) is 0 Å². The number of benzene rings is 1. The highest BCUT2D eigenvalue weighted by Gasteiger charge is 2.12. The Morgan fingerprint density at radius 1 is 1.12 bits per heavy atom. The van der Waals surface area contributed by atoms with E-state index >= 15 is 0 Å². The van der Waals surface area contributed by atoms with E-state index in [0.29, 0.717) is 5.92 Å². The molecule has 0 radical (unpaired) electrons. The van der Waals surface area contributed by atoms with E-state index in [9.17, 15) is 5.11 Å². The van der Waals surface area contributed by atoms with Crippen LogP contribution in [-0.2, 0) is 0 Å². The largest absolute Gasteiger partial charge is 0.488 e. The third-order valence-corrected chi connectivity index (χ3v) is 2.87. The Kier molecular flexibility index (Phi) is 4.36. The molecular weight excluding hydrogens is 200 g/mol. The summed E-state index contributed by atoms with van der Waals surface area (Å²) in [7, 11) is 0. The quantitative estimate of drug-likeness (QED) is 0.847. The number of aliphatic hydroxyl groups excluding tert-OH is 1. The zero-order valence-corrected chi connectivity index (χ0v) is 10.8. The number of aliphatic hydroxyl groups is 1. The molecule has 1 N–H and O–H groups in total. The van der Waals surface area contributed by atoms with Crippen molar-refractivity contribution in [1.29, 1.82) is 0 Å². The molecule has 0 aliphatic carbocycles. The predicted molar refractivity (Wildman–Crippen MR) is 67.0 cm³/mol. The summed E-state index contributed by atoms with van der Waals surface area (Å²) in [4.78, 5) is 0. The van der Waals surface area contributed by atoms with Crippen LogP contribution in [-0.4, -0.2) is 17.3 Å². The minimum absolute atomic E-state index is 0.180. The molecule has 0 spiro atoms. The molecule has 2 atom stereocenters. The van der Waals surface area contributed by atoms with E-state index < -0.39 is 6.10 Å². The summed E-state index contributed by atoms with van der Waals surface area (Å²) in [5.74, 6) is 1.37. The number of hydrogen-bond donors (Lipinski definition) is 1. The third kappa shape index (κ3) is 3.24. The maximum atomic E-state index is 9.43. The Balaban J connectivity index is 2.90. The minimum Gasteiger partial charge on any atom is -0.488 e. The second kappa shape index (κ2) is 5.35. The first-order valence-corrected chi connectivity index (χ1v) is 5.87. The second-order valence-corrected chi connectivity index (χ2v) is 4.74. The highest BCUT2D eigenvalue weighted by atomic mass is 16.5. The number of aryl methyl sites for hydroxylation is 1. The normalized spacial score (nSPS) is 14.9. The highest BCUT2D eigenvalue weighted by Crippen LogP contribution is 2.25. The standard InChI is InChI=1S/C14H22O2/c1-9(2)13-7-6-10(3)14(8-13)16-12(5)11(4)15/h6-9,11-12,15H,1-5H3/t11-,12?/m1/s1. The van der Waals surface area contributed by atoms with Gasteiger partial charge in [0.15, 0.2) is 0 Å². The maximum absolute atomic E-state index is 9.43. The van der Waals surface area contributed by atoms with Crippen molar-refractivity contribution >= 4 is 0 Å². The van der Waals surface area contributed by atoms with Crippen LogP contribution in [0.4, 0.5) is 0 Å². The SMILES string of the molecule is Cc1ccc(C(C)C)cc1OC(C)[C@@H](C)O. The first-order chi connectivity index (χ1) is 7.41. The van der Waals surface area contributed by atoms with Crippen LogP contribution in [0.15, 0.2) is 18.2 Å². The lowest BCUT2D eigenvalue weighted by Crippen LogP contribution is -2.25. The van der Waals surface area contributed by atoms with Gasteiger partial charge in [0.2, 0.25) is 0 Å². The van der Waals surface area contributed by atoms with Gasteiger partial charge in [-0.25, -0.2) is 0 Å². The molecule has 0 aliphatic rings. The number of hydrogen-bond acceptors (Lipinski definition) is 2. The van der Waals surface area contributed by atoms with Crippen molar-refractivity contribution in [3.63, 3.8) is 0 Å². The molecule has 1 aromatic carbocycles. The summed E-state index contributed by atoms with van der Waals surface area (Å²) < 4.78 is 5.75. The van der Waals surface area contributed by atoms with Gasteiger partial charge in [-0.15, -0.1) is 0 Å². The molecule has 16 heavy (non-hydrogen) atoms. The Hall–Kier alpha value is -1.02. The molecule has 90 valence electrons. The van der Waals surface area contributed by atoms with Gasteiger partial charge in [-0.1, -0.05) is 26.0 Å². The molecule has 0 aliphatic heterocycles. The van der Waals surface area contributed by atoms with Crippen molar-refractivity contribution in [2.45, 2.75) is 52.7 Å². The number of rotatable bonds is 4. The third-order valence-electron chi connectivity index (χ3n) is 2.87. The molecule has 1 aromatic rings. The predicted octanol–water partition coefficient (Wildman–Crippen LogP) is 3.27. The average molecular weight is 222 g/mol. The van der Waals surface area contributed by atoms with Crippen LogP contribution in [0, 0.1) is 6.92 Å². The minimum atomic E-state index is -0.456. The first kappa shape index (κ1) is 13.0. The van der Waals surface area contributed by atoms with Crippen LogP contribution in [0.25, 0.3) is 0 Å². The lowest BCUT2D eigenvalue weighted by atomic mass is 10.0. The van der Waals surface area contributed by atoms with Crippen molar-refractivity contribution in [1.82, 2.24) is 0 Å². The summed E-state index contributed by atoms with van der Waals surface area (Å²) in [5, 5.41) is 9.43. The molecule has 0 saturated carbocycles. The monoisotopic (exact) mass is 222 g/mol. The molecule has 0 heterocycles. The fraction of sp³-hybridized carbons (Fsp3) is 0.571. The van der Waals surface area contributed by atoms with Crippen LogP contribution >= 0.6 is 0 Å². The van der Waals surface area contributed by atoms with E-state index in [1.54, 1.807) is 6.92 Å². The van der Waals surface area contributed by atoms with E-state index in [4.69, 9.17) is 4.74 Å². The van der Waals surface area contributed by atoms with E-state index in [0.717, 1.165) is 11.3 Å². The molecule has 0 amide bonds. The lowest BCUT2D eigenvalue weighted by Gasteiger charge is -2.20. The maximum Gasteiger partial charge on any atom is 0.123 e. The molecule has 0 aromatic heterocycles. The Bertz CT molecular complexity index is 343. The zero-order chi connectivity index (χ0) is 12.3. The molecular formula is C14H22O2. The fourth-order valence-corrected chi connectivity index (χ4v) is 1.40. The summed E-state index contributed by atoms with van der Waals surface area (Å²) in [5.41, 5.74) is 2.37. The van der Waals surface area contributed by atoms with E-state index in [1.165, 1.54) is 5.56 Å². The summed E-state index contributed by atoms with van der Waals surface area (Å²) >= 11 is 0. The van der Waals surface area contributed by atoms with Crippen molar-refractivity contribution in [2.24, 2.45) is 0 Å². The molecule has 2 nitrogen and oxygen atoms in total. The molecule has 0 bridgehead atoms. The zero-order valence-electron chi connectivity index (χ0n) is 10.8. The Morgan fingerprint density at radius 2 is 1.75 bits per heavy atom.